The second-order valence-corrected chi connectivity index (χ2v) is 5.75. The van der Waals surface area contributed by atoms with Crippen molar-refractivity contribution in [3.8, 4) is 0 Å². The van der Waals surface area contributed by atoms with E-state index in [1.165, 1.54) is 25.7 Å². The third-order valence-electron chi connectivity index (χ3n) is 4.58. The molecule has 1 rings (SSSR count). The molecule has 0 saturated heterocycles. The van der Waals surface area contributed by atoms with Gasteiger partial charge in [-0.2, -0.15) is 0 Å². The smallest absolute Gasteiger partial charge is 0.0768 e. The van der Waals surface area contributed by atoms with Crippen molar-refractivity contribution >= 4 is 0 Å². The van der Waals surface area contributed by atoms with Gasteiger partial charge in [0.2, 0.25) is 0 Å². The molecule has 1 aliphatic carbocycles. The van der Waals surface area contributed by atoms with Crippen LogP contribution in [0.1, 0.15) is 59.8 Å². The lowest BCUT2D eigenvalue weighted by Gasteiger charge is -2.32. The monoisotopic (exact) mass is 227 g/mol. The first kappa shape index (κ1) is 14.0. The molecule has 0 aromatic rings. The van der Waals surface area contributed by atoms with Crippen LogP contribution in [0.3, 0.4) is 0 Å². The van der Waals surface area contributed by atoms with Crippen molar-refractivity contribution in [2.24, 2.45) is 11.8 Å². The minimum absolute atomic E-state index is 0.362. The number of hydrogen-bond donors (Lipinski definition) is 2. The lowest BCUT2D eigenvalue weighted by atomic mass is 9.88. The molecule has 0 radical (unpaired) electrons. The molecule has 0 aromatic carbocycles. The number of hydrogen-bond acceptors (Lipinski definition) is 2. The minimum Gasteiger partial charge on any atom is -0.389 e. The molecule has 0 heterocycles. The van der Waals surface area contributed by atoms with E-state index in [1.54, 1.807) is 0 Å². The maximum absolute atomic E-state index is 10.3. The fourth-order valence-electron chi connectivity index (χ4n) is 2.75. The van der Waals surface area contributed by atoms with Crippen molar-refractivity contribution in [2.45, 2.75) is 71.4 Å². The highest BCUT2D eigenvalue weighted by molar-refractivity contribution is 4.87. The molecule has 2 nitrogen and oxygen atoms in total. The first-order valence-electron chi connectivity index (χ1n) is 6.97. The lowest BCUT2D eigenvalue weighted by Crippen LogP contribution is -2.47. The maximum Gasteiger partial charge on any atom is 0.0768 e. The molecular formula is C14H29NO. The molecular weight excluding hydrogens is 198 g/mol. The summed E-state index contributed by atoms with van der Waals surface area (Å²) in [6, 6.07) is 0.639. The Hall–Kier alpha value is -0.0800. The van der Waals surface area contributed by atoms with Crippen molar-refractivity contribution in [1.29, 1.82) is 0 Å². The van der Waals surface area contributed by atoms with E-state index in [0.717, 1.165) is 18.9 Å². The zero-order valence-electron chi connectivity index (χ0n) is 11.4. The first-order chi connectivity index (χ1) is 7.51. The zero-order chi connectivity index (χ0) is 12.2. The summed E-state index contributed by atoms with van der Waals surface area (Å²) in [6.07, 6.45) is 6.30. The predicted molar refractivity (Wildman–Crippen MR) is 69.5 cm³/mol. The van der Waals surface area contributed by atoms with Crippen LogP contribution >= 0.6 is 0 Å². The summed E-state index contributed by atoms with van der Waals surface area (Å²) in [5, 5.41) is 13.9. The normalized spacial score (nSPS) is 31.3. The van der Waals surface area contributed by atoms with Crippen molar-refractivity contribution < 1.29 is 5.11 Å². The predicted octanol–water partition coefficient (Wildman–Crippen LogP) is 2.95. The summed E-state index contributed by atoms with van der Waals surface area (Å²) < 4.78 is 0. The van der Waals surface area contributed by atoms with E-state index < -0.39 is 5.60 Å². The van der Waals surface area contributed by atoms with Crippen molar-refractivity contribution in [3.63, 3.8) is 0 Å². The van der Waals surface area contributed by atoms with Gasteiger partial charge in [-0.15, -0.1) is 0 Å². The quantitative estimate of drug-likeness (QED) is 0.731. The second kappa shape index (κ2) is 6.02. The highest BCUT2D eigenvalue weighted by Gasteiger charge is 2.31. The van der Waals surface area contributed by atoms with Crippen LogP contribution in [0.15, 0.2) is 0 Å². The average Bonchev–Trinajstić information content (AvgIpc) is 2.72. The summed E-state index contributed by atoms with van der Waals surface area (Å²) in [6.45, 7) is 9.25. The van der Waals surface area contributed by atoms with Gasteiger partial charge in [0.1, 0.15) is 0 Å². The Morgan fingerprint density at radius 3 is 2.62 bits per heavy atom. The van der Waals surface area contributed by atoms with Crippen LogP contribution in [0, 0.1) is 11.8 Å². The van der Waals surface area contributed by atoms with Crippen molar-refractivity contribution in [3.05, 3.63) is 0 Å². The van der Waals surface area contributed by atoms with Crippen LogP contribution in [0.5, 0.6) is 0 Å². The van der Waals surface area contributed by atoms with Gasteiger partial charge in [0.05, 0.1) is 5.60 Å². The minimum atomic E-state index is -0.560. The topological polar surface area (TPSA) is 32.3 Å². The van der Waals surface area contributed by atoms with E-state index in [4.69, 9.17) is 0 Å². The van der Waals surface area contributed by atoms with E-state index in [0.29, 0.717) is 12.0 Å². The number of nitrogens with one attached hydrogen (secondary N) is 1. The molecule has 1 fully saturated rings. The first-order valence-corrected chi connectivity index (χ1v) is 6.97. The molecule has 0 aromatic heterocycles. The van der Waals surface area contributed by atoms with Gasteiger partial charge in [-0.05, 0) is 31.6 Å². The molecule has 0 aliphatic heterocycles. The zero-order valence-corrected chi connectivity index (χ0v) is 11.4. The Morgan fingerprint density at radius 2 is 2.06 bits per heavy atom. The molecule has 16 heavy (non-hydrogen) atoms. The van der Waals surface area contributed by atoms with Crippen LogP contribution in [0.2, 0.25) is 0 Å². The molecule has 0 bridgehead atoms. The van der Waals surface area contributed by atoms with Gasteiger partial charge in [0, 0.05) is 12.6 Å². The van der Waals surface area contributed by atoms with Crippen LogP contribution in [0.4, 0.5) is 0 Å². The number of rotatable bonds is 6. The summed E-state index contributed by atoms with van der Waals surface area (Å²) in [4.78, 5) is 0. The van der Waals surface area contributed by atoms with E-state index in [-0.39, 0.29) is 0 Å². The van der Waals surface area contributed by atoms with Crippen LogP contribution in [0.25, 0.3) is 0 Å². The molecule has 96 valence electrons. The van der Waals surface area contributed by atoms with Crippen molar-refractivity contribution in [1.82, 2.24) is 5.32 Å². The van der Waals surface area contributed by atoms with Gasteiger partial charge in [-0.25, -0.2) is 0 Å². The van der Waals surface area contributed by atoms with E-state index in [2.05, 4.69) is 26.1 Å². The Morgan fingerprint density at radius 1 is 1.38 bits per heavy atom. The van der Waals surface area contributed by atoms with Gasteiger partial charge < -0.3 is 10.4 Å². The molecule has 4 unspecified atom stereocenters. The van der Waals surface area contributed by atoms with Gasteiger partial charge in [0.25, 0.3) is 0 Å². The Kier molecular flexibility index (Phi) is 5.26. The third-order valence-corrected chi connectivity index (χ3v) is 4.58. The standard InChI is InChI=1S/C14H29NO/c1-5-11(3)14(4,16)10-15-13-9-7-8-12(13)6-2/h11-13,15-16H,5-10H2,1-4H3. The molecule has 1 aliphatic rings. The maximum atomic E-state index is 10.3. The third kappa shape index (κ3) is 3.46. The SMILES string of the molecule is CCC1CCCC1NCC(C)(O)C(C)CC. The second-order valence-electron chi connectivity index (χ2n) is 5.75. The summed E-state index contributed by atoms with van der Waals surface area (Å²) in [5.41, 5.74) is -0.560. The summed E-state index contributed by atoms with van der Waals surface area (Å²) >= 11 is 0. The Labute approximate surface area is 101 Å². The Balaban J connectivity index is 2.38. The molecule has 2 N–H and O–H groups in total. The molecule has 1 saturated carbocycles. The molecule has 2 heteroatoms. The average molecular weight is 227 g/mol. The largest absolute Gasteiger partial charge is 0.389 e. The molecule has 0 spiro atoms. The van der Waals surface area contributed by atoms with E-state index in [1.807, 2.05) is 6.92 Å². The highest BCUT2D eigenvalue weighted by atomic mass is 16.3. The van der Waals surface area contributed by atoms with Gasteiger partial charge >= 0.3 is 0 Å². The fourth-order valence-corrected chi connectivity index (χ4v) is 2.75. The van der Waals surface area contributed by atoms with Crippen LogP contribution in [-0.4, -0.2) is 23.3 Å². The Bertz CT molecular complexity index is 203. The molecule has 0 amide bonds. The lowest BCUT2D eigenvalue weighted by molar-refractivity contribution is 0.00225. The van der Waals surface area contributed by atoms with E-state index in [9.17, 15) is 5.11 Å². The van der Waals surface area contributed by atoms with Crippen LogP contribution < -0.4 is 5.32 Å². The highest BCUT2D eigenvalue weighted by Crippen LogP contribution is 2.29. The fraction of sp³-hybridized carbons (Fsp3) is 1.00. The summed E-state index contributed by atoms with van der Waals surface area (Å²) in [7, 11) is 0. The van der Waals surface area contributed by atoms with Gasteiger partial charge in [0.15, 0.2) is 0 Å². The van der Waals surface area contributed by atoms with Gasteiger partial charge in [-0.3, -0.25) is 0 Å². The van der Waals surface area contributed by atoms with Crippen molar-refractivity contribution in [2.75, 3.05) is 6.54 Å². The summed E-state index contributed by atoms with van der Waals surface area (Å²) in [5.74, 6) is 1.19. The van der Waals surface area contributed by atoms with E-state index >= 15 is 0 Å². The number of aliphatic hydroxyl groups is 1. The van der Waals surface area contributed by atoms with Gasteiger partial charge in [-0.1, -0.05) is 40.0 Å². The van der Waals surface area contributed by atoms with Crippen LogP contribution in [-0.2, 0) is 0 Å². The molecule has 4 atom stereocenters.